The summed E-state index contributed by atoms with van der Waals surface area (Å²) in [5.41, 5.74) is 3.65. The fourth-order valence-corrected chi connectivity index (χ4v) is 1.70. The number of carbonyl (C=O) groups is 1. The molecule has 6 heteroatoms. The first-order valence-electron chi connectivity index (χ1n) is 5.07. The van der Waals surface area contributed by atoms with Crippen molar-refractivity contribution in [2.24, 2.45) is 5.84 Å². The number of rotatable bonds is 3. The van der Waals surface area contributed by atoms with Crippen molar-refractivity contribution >= 4 is 16.9 Å². The zero-order valence-corrected chi connectivity index (χ0v) is 9.05. The summed E-state index contributed by atoms with van der Waals surface area (Å²) >= 11 is 0. The Morgan fingerprint density at radius 3 is 3.00 bits per heavy atom. The standard InChI is InChI=1S/C11H11N5O/c12-6-5-10-14-8-3-1-2-4-9(8)16(10)7-11(17)15-13/h1-4H,5,7,13H2,(H,15,17). The summed E-state index contributed by atoms with van der Waals surface area (Å²) in [6, 6.07) is 9.44. The molecule has 0 atom stereocenters. The van der Waals surface area contributed by atoms with Gasteiger partial charge in [0.15, 0.2) is 0 Å². The van der Waals surface area contributed by atoms with Crippen LogP contribution in [0.5, 0.6) is 0 Å². The first-order chi connectivity index (χ1) is 8.26. The minimum atomic E-state index is -0.327. The zero-order chi connectivity index (χ0) is 12.3. The molecule has 6 nitrogen and oxygen atoms in total. The van der Waals surface area contributed by atoms with Crippen LogP contribution in [0.2, 0.25) is 0 Å². The van der Waals surface area contributed by atoms with Crippen molar-refractivity contribution < 1.29 is 4.79 Å². The largest absolute Gasteiger partial charge is 0.318 e. The summed E-state index contributed by atoms with van der Waals surface area (Å²) < 4.78 is 1.70. The molecule has 1 amide bonds. The van der Waals surface area contributed by atoms with Crippen molar-refractivity contribution in [1.29, 1.82) is 5.26 Å². The van der Waals surface area contributed by atoms with Crippen molar-refractivity contribution in [3.05, 3.63) is 30.1 Å². The highest BCUT2D eigenvalue weighted by Gasteiger charge is 2.12. The van der Waals surface area contributed by atoms with E-state index in [1.807, 2.05) is 30.3 Å². The molecule has 1 aromatic carbocycles. The first-order valence-corrected chi connectivity index (χ1v) is 5.07. The van der Waals surface area contributed by atoms with Crippen molar-refractivity contribution in [2.75, 3.05) is 0 Å². The van der Waals surface area contributed by atoms with Crippen LogP contribution in [0.4, 0.5) is 0 Å². The number of hydrogen-bond acceptors (Lipinski definition) is 4. The van der Waals surface area contributed by atoms with Gasteiger partial charge in [-0.1, -0.05) is 12.1 Å². The second kappa shape index (κ2) is 4.63. The van der Waals surface area contributed by atoms with Gasteiger partial charge in [-0.15, -0.1) is 0 Å². The van der Waals surface area contributed by atoms with E-state index >= 15 is 0 Å². The number of fused-ring (bicyclic) bond motifs is 1. The fourth-order valence-electron chi connectivity index (χ4n) is 1.70. The van der Waals surface area contributed by atoms with Crippen molar-refractivity contribution in [1.82, 2.24) is 15.0 Å². The molecule has 0 spiro atoms. The van der Waals surface area contributed by atoms with E-state index in [4.69, 9.17) is 11.1 Å². The van der Waals surface area contributed by atoms with Gasteiger partial charge in [0.2, 0.25) is 0 Å². The van der Waals surface area contributed by atoms with Crippen molar-refractivity contribution in [3.8, 4) is 6.07 Å². The van der Waals surface area contributed by atoms with E-state index in [-0.39, 0.29) is 18.9 Å². The van der Waals surface area contributed by atoms with E-state index in [0.29, 0.717) is 5.82 Å². The highest BCUT2D eigenvalue weighted by atomic mass is 16.2. The van der Waals surface area contributed by atoms with Gasteiger partial charge < -0.3 is 4.57 Å². The summed E-state index contributed by atoms with van der Waals surface area (Å²) in [7, 11) is 0. The van der Waals surface area contributed by atoms with Crippen LogP contribution in [0.15, 0.2) is 24.3 Å². The number of nitrogens with two attached hydrogens (primary N) is 1. The number of hydrazine groups is 1. The van der Waals surface area contributed by atoms with Gasteiger partial charge in [-0.3, -0.25) is 10.2 Å². The summed E-state index contributed by atoms with van der Waals surface area (Å²) in [4.78, 5) is 15.6. The van der Waals surface area contributed by atoms with E-state index in [1.54, 1.807) is 4.57 Å². The molecule has 3 N–H and O–H groups in total. The number of nitriles is 1. The number of amides is 1. The van der Waals surface area contributed by atoms with Gasteiger partial charge in [0.05, 0.1) is 23.5 Å². The van der Waals surface area contributed by atoms with E-state index < -0.39 is 0 Å². The normalized spacial score (nSPS) is 10.1. The van der Waals surface area contributed by atoms with Crippen molar-refractivity contribution in [2.45, 2.75) is 13.0 Å². The number of carbonyl (C=O) groups excluding carboxylic acids is 1. The molecular formula is C11H11N5O. The summed E-state index contributed by atoms with van der Waals surface area (Å²) in [6.07, 6.45) is 0.159. The molecule has 17 heavy (non-hydrogen) atoms. The van der Waals surface area contributed by atoms with E-state index in [2.05, 4.69) is 10.4 Å². The molecule has 0 bridgehead atoms. The highest BCUT2D eigenvalue weighted by Crippen LogP contribution is 2.16. The molecule has 0 aliphatic heterocycles. The van der Waals surface area contributed by atoms with Gasteiger partial charge >= 0.3 is 0 Å². The molecule has 0 saturated carbocycles. The molecule has 2 rings (SSSR count). The van der Waals surface area contributed by atoms with Gasteiger partial charge in [0, 0.05) is 0 Å². The quantitative estimate of drug-likeness (QED) is 0.443. The average molecular weight is 229 g/mol. The summed E-state index contributed by atoms with van der Waals surface area (Å²) in [5, 5.41) is 8.73. The molecular weight excluding hydrogens is 218 g/mol. The number of para-hydroxylation sites is 2. The predicted octanol–water partition coefficient (Wildman–Crippen LogP) is 0.0923. The van der Waals surface area contributed by atoms with Gasteiger partial charge in [0.25, 0.3) is 5.91 Å². The monoisotopic (exact) mass is 229 g/mol. The molecule has 0 radical (unpaired) electrons. The average Bonchev–Trinajstić information content (AvgIpc) is 2.68. The molecule has 0 saturated heterocycles. The Balaban J connectivity index is 2.52. The molecule has 0 aliphatic rings. The lowest BCUT2D eigenvalue weighted by atomic mass is 10.3. The van der Waals surface area contributed by atoms with E-state index in [9.17, 15) is 4.79 Å². The van der Waals surface area contributed by atoms with Gasteiger partial charge in [0.1, 0.15) is 12.4 Å². The van der Waals surface area contributed by atoms with Crippen LogP contribution >= 0.6 is 0 Å². The number of benzene rings is 1. The number of nitrogens with zero attached hydrogens (tertiary/aromatic N) is 3. The lowest BCUT2D eigenvalue weighted by Gasteiger charge is -2.05. The third kappa shape index (κ3) is 2.09. The maximum absolute atomic E-state index is 11.3. The molecule has 0 unspecified atom stereocenters. The fraction of sp³-hybridized carbons (Fsp3) is 0.182. The Morgan fingerprint density at radius 1 is 1.53 bits per heavy atom. The van der Waals surface area contributed by atoms with E-state index in [0.717, 1.165) is 11.0 Å². The Hall–Kier alpha value is -2.39. The minimum absolute atomic E-state index is 0.0635. The number of hydrogen-bond donors (Lipinski definition) is 2. The third-order valence-electron chi connectivity index (χ3n) is 2.43. The summed E-state index contributed by atoms with van der Waals surface area (Å²) in [5.74, 6) is 5.30. The second-order valence-corrected chi connectivity index (χ2v) is 3.51. The van der Waals surface area contributed by atoms with Crippen LogP contribution in [0.25, 0.3) is 11.0 Å². The SMILES string of the molecule is N#CCc1nc2ccccc2n1CC(=O)NN. The summed E-state index contributed by atoms with van der Waals surface area (Å²) in [6.45, 7) is 0.0635. The number of imidazole rings is 1. The molecule has 1 aromatic heterocycles. The van der Waals surface area contributed by atoms with Crippen molar-refractivity contribution in [3.63, 3.8) is 0 Å². The molecule has 2 aromatic rings. The van der Waals surface area contributed by atoms with E-state index in [1.165, 1.54) is 0 Å². The smallest absolute Gasteiger partial charge is 0.253 e. The number of aromatic nitrogens is 2. The highest BCUT2D eigenvalue weighted by molar-refractivity contribution is 5.80. The van der Waals surface area contributed by atoms with Gasteiger partial charge in [-0.25, -0.2) is 10.8 Å². The molecule has 86 valence electrons. The molecule has 0 fully saturated rings. The third-order valence-corrected chi connectivity index (χ3v) is 2.43. The van der Waals surface area contributed by atoms with Crippen LogP contribution in [-0.2, 0) is 17.8 Å². The minimum Gasteiger partial charge on any atom is -0.318 e. The van der Waals surface area contributed by atoms with Crippen LogP contribution in [0.3, 0.4) is 0 Å². The maximum Gasteiger partial charge on any atom is 0.253 e. The topological polar surface area (TPSA) is 96.7 Å². The van der Waals surface area contributed by atoms with Gasteiger partial charge in [-0.05, 0) is 12.1 Å². The lowest BCUT2D eigenvalue weighted by Crippen LogP contribution is -2.33. The maximum atomic E-state index is 11.3. The lowest BCUT2D eigenvalue weighted by molar-refractivity contribution is -0.121. The molecule has 1 heterocycles. The Bertz CT molecular complexity index is 595. The Labute approximate surface area is 97.6 Å². The Kier molecular flexibility index (Phi) is 3.03. The first kappa shape index (κ1) is 11.1. The van der Waals surface area contributed by atoms with Crippen LogP contribution in [-0.4, -0.2) is 15.5 Å². The predicted molar refractivity (Wildman–Crippen MR) is 61.4 cm³/mol. The van der Waals surface area contributed by atoms with Crippen LogP contribution in [0, 0.1) is 11.3 Å². The van der Waals surface area contributed by atoms with Gasteiger partial charge in [-0.2, -0.15) is 5.26 Å². The molecule has 0 aliphatic carbocycles. The number of nitrogens with one attached hydrogen (secondary N) is 1. The van der Waals surface area contributed by atoms with Crippen LogP contribution in [0.1, 0.15) is 5.82 Å². The second-order valence-electron chi connectivity index (χ2n) is 3.51. The van der Waals surface area contributed by atoms with Crippen LogP contribution < -0.4 is 11.3 Å². The zero-order valence-electron chi connectivity index (χ0n) is 9.05. The Morgan fingerprint density at radius 2 is 2.29 bits per heavy atom.